The van der Waals surface area contributed by atoms with Gasteiger partial charge in [0.05, 0.1) is 12.6 Å². The first-order valence-corrected chi connectivity index (χ1v) is 4.92. The van der Waals surface area contributed by atoms with Gasteiger partial charge in [0.15, 0.2) is 0 Å². The quantitative estimate of drug-likeness (QED) is 0.565. The molecule has 1 amide bonds. The van der Waals surface area contributed by atoms with Crippen LogP contribution in [0.2, 0.25) is 0 Å². The average molecular weight is 183 g/mol. The Morgan fingerprint density at radius 1 is 1.46 bits per heavy atom. The molecule has 0 aromatic carbocycles. The third-order valence-electron chi connectivity index (χ3n) is 3.54. The van der Waals surface area contributed by atoms with Crippen LogP contribution in [-0.4, -0.2) is 29.2 Å². The molecule has 0 aliphatic carbocycles. The van der Waals surface area contributed by atoms with Gasteiger partial charge in [0.2, 0.25) is 5.91 Å². The monoisotopic (exact) mass is 183 g/mol. The van der Waals surface area contributed by atoms with Gasteiger partial charge in [-0.25, -0.2) is 0 Å². The number of hydrogen-bond donors (Lipinski definition) is 0. The number of rotatable bonds is 0. The van der Waals surface area contributed by atoms with Crippen molar-refractivity contribution in [2.24, 2.45) is 11.8 Å². The molecule has 3 nitrogen and oxygen atoms in total. The summed E-state index contributed by atoms with van der Waals surface area (Å²) in [5, 5.41) is 0. The Balaban J connectivity index is 2.33. The van der Waals surface area contributed by atoms with Crippen LogP contribution in [0.1, 0.15) is 27.7 Å². The summed E-state index contributed by atoms with van der Waals surface area (Å²) in [4.78, 5) is 13.8. The van der Waals surface area contributed by atoms with Gasteiger partial charge < -0.3 is 9.64 Å². The van der Waals surface area contributed by atoms with Crippen molar-refractivity contribution in [3.63, 3.8) is 0 Å². The van der Waals surface area contributed by atoms with Crippen LogP contribution in [0.3, 0.4) is 0 Å². The molecular formula is C10H17NO2. The predicted molar refractivity (Wildman–Crippen MR) is 49.0 cm³/mol. The van der Waals surface area contributed by atoms with Crippen molar-refractivity contribution >= 4 is 5.91 Å². The maximum Gasteiger partial charge on any atom is 0.228 e. The molecule has 0 aromatic rings. The van der Waals surface area contributed by atoms with Gasteiger partial charge in [0.1, 0.15) is 5.72 Å². The minimum absolute atomic E-state index is 0.160. The van der Waals surface area contributed by atoms with E-state index < -0.39 is 0 Å². The molecule has 0 radical (unpaired) electrons. The summed E-state index contributed by atoms with van der Waals surface area (Å²) >= 11 is 0. The highest BCUT2D eigenvalue weighted by Gasteiger charge is 2.53. The van der Waals surface area contributed by atoms with Crippen LogP contribution in [0.4, 0.5) is 0 Å². The highest BCUT2D eigenvalue weighted by atomic mass is 16.5. The third kappa shape index (κ3) is 1.03. The first kappa shape index (κ1) is 9.00. The van der Waals surface area contributed by atoms with Crippen molar-refractivity contribution < 1.29 is 9.53 Å². The second kappa shape index (κ2) is 2.47. The summed E-state index contributed by atoms with van der Waals surface area (Å²) in [5.74, 6) is 0.836. The summed E-state index contributed by atoms with van der Waals surface area (Å²) in [6, 6.07) is 0.303. The van der Waals surface area contributed by atoms with E-state index in [4.69, 9.17) is 4.74 Å². The Labute approximate surface area is 79.0 Å². The highest BCUT2D eigenvalue weighted by molar-refractivity contribution is 5.82. The van der Waals surface area contributed by atoms with Crippen molar-refractivity contribution in [3.05, 3.63) is 0 Å². The van der Waals surface area contributed by atoms with E-state index in [0.717, 1.165) is 0 Å². The lowest BCUT2D eigenvalue weighted by atomic mass is 9.94. The number of ether oxygens (including phenoxy) is 1. The molecule has 2 saturated heterocycles. The van der Waals surface area contributed by atoms with Gasteiger partial charge >= 0.3 is 0 Å². The van der Waals surface area contributed by atoms with Crippen LogP contribution in [0, 0.1) is 11.8 Å². The Hall–Kier alpha value is -0.570. The number of amides is 1. The van der Waals surface area contributed by atoms with Crippen molar-refractivity contribution in [2.45, 2.75) is 39.5 Å². The molecule has 2 aliphatic heterocycles. The smallest absolute Gasteiger partial charge is 0.228 e. The van der Waals surface area contributed by atoms with E-state index >= 15 is 0 Å². The summed E-state index contributed by atoms with van der Waals surface area (Å²) in [6.07, 6.45) is 0. The lowest BCUT2D eigenvalue weighted by Crippen LogP contribution is -2.44. The predicted octanol–water partition coefficient (Wildman–Crippen LogP) is 1.24. The number of nitrogens with zero attached hydrogens (tertiary/aromatic N) is 1. The Morgan fingerprint density at radius 2 is 2.08 bits per heavy atom. The molecule has 3 heteroatoms. The maximum atomic E-state index is 11.9. The summed E-state index contributed by atoms with van der Waals surface area (Å²) in [6.45, 7) is 8.79. The Kier molecular flexibility index (Phi) is 1.71. The van der Waals surface area contributed by atoms with E-state index in [1.54, 1.807) is 0 Å². The minimum Gasteiger partial charge on any atom is -0.354 e. The van der Waals surface area contributed by atoms with E-state index in [1.165, 1.54) is 0 Å². The normalized spacial score (nSPS) is 42.6. The molecule has 13 heavy (non-hydrogen) atoms. The molecule has 0 spiro atoms. The van der Waals surface area contributed by atoms with E-state index in [2.05, 4.69) is 6.92 Å². The van der Waals surface area contributed by atoms with Gasteiger partial charge in [0, 0.05) is 5.92 Å². The molecule has 0 bridgehead atoms. The maximum absolute atomic E-state index is 11.9. The highest BCUT2D eigenvalue weighted by Crippen LogP contribution is 2.40. The fraction of sp³-hybridized carbons (Fsp3) is 0.900. The molecule has 0 saturated carbocycles. The third-order valence-corrected chi connectivity index (χ3v) is 3.54. The van der Waals surface area contributed by atoms with Gasteiger partial charge in [-0.2, -0.15) is 0 Å². The van der Waals surface area contributed by atoms with Crippen LogP contribution >= 0.6 is 0 Å². The largest absolute Gasteiger partial charge is 0.354 e. The Morgan fingerprint density at radius 3 is 2.62 bits per heavy atom. The lowest BCUT2D eigenvalue weighted by molar-refractivity contribution is -0.144. The summed E-state index contributed by atoms with van der Waals surface area (Å²) in [7, 11) is 0. The summed E-state index contributed by atoms with van der Waals surface area (Å²) in [5.41, 5.74) is -0.388. The van der Waals surface area contributed by atoms with Gasteiger partial charge in [-0.3, -0.25) is 4.79 Å². The zero-order valence-corrected chi connectivity index (χ0v) is 8.70. The van der Waals surface area contributed by atoms with Gasteiger partial charge in [-0.05, 0) is 19.8 Å². The van der Waals surface area contributed by atoms with Crippen LogP contribution < -0.4 is 0 Å². The second-order valence-electron chi connectivity index (χ2n) is 4.68. The van der Waals surface area contributed by atoms with Gasteiger partial charge in [-0.15, -0.1) is 0 Å². The average Bonchev–Trinajstić information content (AvgIpc) is 2.46. The number of hydrogen-bond acceptors (Lipinski definition) is 2. The number of carbonyl (C=O) groups excluding carboxylic acids is 1. The van der Waals surface area contributed by atoms with Crippen LogP contribution in [0.15, 0.2) is 0 Å². The van der Waals surface area contributed by atoms with Crippen LogP contribution in [-0.2, 0) is 9.53 Å². The second-order valence-corrected chi connectivity index (χ2v) is 4.68. The van der Waals surface area contributed by atoms with Crippen molar-refractivity contribution in [2.75, 3.05) is 6.61 Å². The van der Waals surface area contributed by atoms with E-state index in [0.29, 0.717) is 18.6 Å². The molecular weight excluding hydrogens is 166 g/mol. The van der Waals surface area contributed by atoms with E-state index in [1.807, 2.05) is 25.7 Å². The molecule has 0 N–H and O–H groups in total. The lowest BCUT2D eigenvalue weighted by Gasteiger charge is -2.29. The fourth-order valence-corrected chi connectivity index (χ4v) is 2.43. The van der Waals surface area contributed by atoms with Crippen LogP contribution in [0.25, 0.3) is 0 Å². The van der Waals surface area contributed by atoms with E-state index in [-0.39, 0.29) is 17.6 Å². The van der Waals surface area contributed by atoms with E-state index in [9.17, 15) is 4.79 Å². The topological polar surface area (TPSA) is 29.5 Å². The fourth-order valence-electron chi connectivity index (χ4n) is 2.43. The molecule has 2 heterocycles. The standard InChI is InChI=1S/C10H17NO2/c1-6-7(2)9(12)11-8(6)5-13-10(11,3)4/h6-8H,5H2,1-4H3/t6-,7-,8+/m0/s1. The minimum atomic E-state index is -0.388. The molecule has 2 fully saturated rings. The summed E-state index contributed by atoms with van der Waals surface area (Å²) < 4.78 is 5.60. The Bertz CT molecular complexity index is 249. The van der Waals surface area contributed by atoms with Crippen molar-refractivity contribution in [1.82, 2.24) is 4.90 Å². The number of carbonyl (C=O) groups is 1. The SMILES string of the molecule is C[C@H]1[C@H](C)C(=O)N2[C@@H]1COC2(C)C. The molecule has 0 unspecified atom stereocenters. The molecule has 0 aromatic heterocycles. The zero-order chi connectivity index (χ0) is 9.80. The van der Waals surface area contributed by atoms with Crippen LogP contribution in [0.5, 0.6) is 0 Å². The zero-order valence-electron chi connectivity index (χ0n) is 8.70. The molecule has 2 rings (SSSR count). The number of fused-ring (bicyclic) bond motifs is 1. The van der Waals surface area contributed by atoms with Crippen molar-refractivity contribution in [3.8, 4) is 0 Å². The molecule has 3 atom stereocenters. The van der Waals surface area contributed by atoms with Gasteiger partial charge in [0.25, 0.3) is 0 Å². The van der Waals surface area contributed by atoms with Crippen molar-refractivity contribution in [1.29, 1.82) is 0 Å². The first-order chi connectivity index (χ1) is 5.95. The van der Waals surface area contributed by atoms with Gasteiger partial charge in [-0.1, -0.05) is 13.8 Å². The first-order valence-electron chi connectivity index (χ1n) is 4.92. The molecule has 74 valence electrons. The molecule has 2 aliphatic rings.